The van der Waals surface area contributed by atoms with E-state index in [4.69, 9.17) is 10.3 Å². The number of aromatic nitrogens is 3. The second-order valence-corrected chi connectivity index (χ2v) is 3.38. The molecular weight excluding hydrogens is 210 g/mol. The Hall–Kier alpha value is -2.31. The molecule has 16 heavy (non-hydrogen) atoms. The van der Waals surface area contributed by atoms with Gasteiger partial charge in [-0.25, -0.2) is 0 Å². The summed E-state index contributed by atoms with van der Waals surface area (Å²) in [5.41, 5.74) is 7.18. The summed E-state index contributed by atoms with van der Waals surface area (Å²) in [6.45, 7) is 3.60. The van der Waals surface area contributed by atoms with Gasteiger partial charge in [0.2, 0.25) is 5.88 Å². The van der Waals surface area contributed by atoms with Crippen LogP contribution >= 0.6 is 0 Å². The first-order valence-corrected chi connectivity index (χ1v) is 4.63. The summed E-state index contributed by atoms with van der Waals surface area (Å²) in [6.07, 6.45) is 0. The number of carbonyl (C=O) groups is 1. The van der Waals surface area contributed by atoms with Crippen molar-refractivity contribution in [2.75, 3.05) is 11.1 Å². The maximum atomic E-state index is 11.7. The van der Waals surface area contributed by atoms with E-state index in [1.165, 1.54) is 6.07 Å². The molecule has 0 atom stereocenters. The molecule has 0 aliphatic carbocycles. The van der Waals surface area contributed by atoms with Gasteiger partial charge in [0.25, 0.3) is 5.91 Å². The van der Waals surface area contributed by atoms with Gasteiger partial charge in [0.15, 0.2) is 0 Å². The van der Waals surface area contributed by atoms with Crippen LogP contribution in [0, 0.1) is 13.8 Å². The zero-order chi connectivity index (χ0) is 11.7. The Balaban J connectivity index is 2.17. The van der Waals surface area contributed by atoms with Gasteiger partial charge >= 0.3 is 0 Å². The molecule has 0 aliphatic rings. The SMILES string of the molecule is Cc1noc(NC(=O)c2cc(N)n[nH]2)c1C. The van der Waals surface area contributed by atoms with E-state index in [0.717, 1.165) is 11.3 Å². The molecule has 2 aromatic rings. The van der Waals surface area contributed by atoms with E-state index in [9.17, 15) is 4.79 Å². The molecule has 7 nitrogen and oxygen atoms in total. The minimum absolute atomic E-state index is 0.260. The Labute approximate surface area is 91.0 Å². The number of hydrogen-bond acceptors (Lipinski definition) is 5. The topological polar surface area (TPSA) is 110 Å². The highest BCUT2D eigenvalue weighted by Gasteiger charge is 2.14. The van der Waals surface area contributed by atoms with E-state index in [-0.39, 0.29) is 17.4 Å². The third kappa shape index (κ3) is 1.74. The fraction of sp³-hybridized carbons (Fsp3) is 0.222. The summed E-state index contributed by atoms with van der Waals surface area (Å²) in [4.78, 5) is 11.7. The van der Waals surface area contributed by atoms with Gasteiger partial charge in [-0.1, -0.05) is 5.16 Å². The summed E-state index contributed by atoms with van der Waals surface area (Å²) < 4.78 is 4.95. The fourth-order valence-electron chi connectivity index (χ4n) is 1.16. The van der Waals surface area contributed by atoms with Crippen molar-refractivity contribution in [3.8, 4) is 0 Å². The van der Waals surface area contributed by atoms with Crippen LogP contribution in [0.3, 0.4) is 0 Å². The molecule has 2 heterocycles. The van der Waals surface area contributed by atoms with Crippen LogP contribution in [0.25, 0.3) is 0 Å². The highest BCUT2D eigenvalue weighted by molar-refractivity contribution is 6.02. The van der Waals surface area contributed by atoms with Crippen molar-refractivity contribution in [1.82, 2.24) is 15.4 Å². The van der Waals surface area contributed by atoms with Gasteiger partial charge in [-0.15, -0.1) is 0 Å². The molecule has 0 saturated heterocycles. The zero-order valence-electron chi connectivity index (χ0n) is 8.87. The molecule has 1 amide bonds. The lowest BCUT2D eigenvalue weighted by atomic mass is 10.3. The number of H-pyrrole nitrogens is 1. The Morgan fingerprint density at radius 3 is 2.81 bits per heavy atom. The predicted octanol–water partition coefficient (Wildman–Crippen LogP) is 0.849. The number of rotatable bonds is 2. The molecule has 7 heteroatoms. The number of carbonyl (C=O) groups excluding carboxylic acids is 1. The van der Waals surface area contributed by atoms with Gasteiger partial charge in [0, 0.05) is 11.6 Å². The smallest absolute Gasteiger partial charge is 0.276 e. The van der Waals surface area contributed by atoms with Gasteiger partial charge in [-0.2, -0.15) is 5.10 Å². The Bertz CT molecular complexity index is 528. The molecule has 0 saturated carbocycles. The summed E-state index contributed by atoms with van der Waals surface area (Å²) in [5, 5.41) is 12.4. The molecule has 0 fully saturated rings. The lowest BCUT2D eigenvalue weighted by Gasteiger charge is -1.98. The van der Waals surface area contributed by atoms with Crippen molar-refractivity contribution < 1.29 is 9.32 Å². The number of nitrogens with zero attached hydrogens (tertiary/aromatic N) is 2. The van der Waals surface area contributed by atoms with Crippen molar-refractivity contribution in [3.63, 3.8) is 0 Å². The molecule has 0 bridgehead atoms. The first-order chi connectivity index (χ1) is 7.58. The first kappa shape index (κ1) is 10.2. The number of aryl methyl sites for hydroxylation is 1. The number of nitrogens with one attached hydrogen (secondary N) is 2. The quantitative estimate of drug-likeness (QED) is 0.696. The average Bonchev–Trinajstić information content (AvgIpc) is 2.79. The Kier molecular flexibility index (Phi) is 2.35. The summed E-state index contributed by atoms with van der Waals surface area (Å²) >= 11 is 0. The molecule has 0 unspecified atom stereocenters. The summed E-state index contributed by atoms with van der Waals surface area (Å²) in [5.74, 6) is 0.217. The maximum absolute atomic E-state index is 11.7. The van der Waals surface area contributed by atoms with Gasteiger partial charge < -0.3 is 10.3 Å². The third-order valence-electron chi connectivity index (χ3n) is 2.23. The maximum Gasteiger partial charge on any atom is 0.276 e. The second-order valence-electron chi connectivity index (χ2n) is 3.38. The van der Waals surface area contributed by atoms with Crippen LogP contribution in [-0.4, -0.2) is 21.3 Å². The van der Waals surface area contributed by atoms with Crippen LogP contribution in [0.1, 0.15) is 21.7 Å². The third-order valence-corrected chi connectivity index (χ3v) is 2.23. The highest BCUT2D eigenvalue weighted by Crippen LogP contribution is 2.18. The molecule has 2 aromatic heterocycles. The molecule has 2 rings (SSSR count). The highest BCUT2D eigenvalue weighted by atomic mass is 16.5. The van der Waals surface area contributed by atoms with E-state index in [1.807, 2.05) is 6.92 Å². The monoisotopic (exact) mass is 221 g/mol. The summed E-state index contributed by atoms with van der Waals surface area (Å²) in [7, 11) is 0. The van der Waals surface area contributed by atoms with Crippen LogP contribution in [0.4, 0.5) is 11.7 Å². The number of nitrogens with two attached hydrogens (primary N) is 1. The second kappa shape index (κ2) is 3.69. The molecule has 0 aliphatic heterocycles. The van der Waals surface area contributed by atoms with E-state index in [2.05, 4.69) is 20.7 Å². The normalized spacial score (nSPS) is 10.4. The number of anilines is 2. The van der Waals surface area contributed by atoms with Gasteiger partial charge in [-0.05, 0) is 13.8 Å². The van der Waals surface area contributed by atoms with E-state index < -0.39 is 0 Å². The van der Waals surface area contributed by atoms with Gasteiger partial charge in [-0.3, -0.25) is 15.2 Å². The van der Waals surface area contributed by atoms with Gasteiger partial charge in [0.05, 0.1) is 5.69 Å². The number of amides is 1. The molecule has 0 aromatic carbocycles. The zero-order valence-corrected chi connectivity index (χ0v) is 8.87. The van der Waals surface area contributed by atoms with Crippen LogP contribution < -0.4 is 11.1 Å². The minimum Gasteiger partial charge on any atom is -0.382 e. The van der Waals surface area contributed by atoms with E-state index in [0.29, 0.717) is 5.88 Å². The fourth-order valence-corrected chi connectivity index (χ4v) is 1.16. The van der Waals surface area contributed by atoms with E-state index >= 15 is 0 Å². The van der Waals surface area contributed by atoms with Crippen molar-refractivity contribution >= 4 is 17.6 Å². The summed E-state index contributed by atoms with van der Waals surface area (Å²) in [6, 6.07) is 1.44. The number of aromatic amines is 1. The lowest BCUT2D eigenvalue weighted by molar-refractivity contribution is 0.101. The van der Waals surface area contributed by atoms with Crippen molar-refractivity contribution in [2.24, 2.45) is 0 Å². The lowest BCUT2D eigenvalue weighted by Crippen LogP contribution is -2.12. The molecule has 84 valence electrons. The Morgan fingerprint density at radius 2 is 2.31 bits per heavy atom. The first-order valence-electron chi connectivity index (χ1n) is 4.63. The molecular formula is C9H11N5O2. The van der Waals surface area contributed by atoms with Gasteiger partial charge in [0.1, 0.15) is 11.5 Å². The van der Waals surface area contributed by atoms with E-state index in [1.54, 1.807) is 6.92 Å². The standard InChI is InChI=1S/C9H11N5O2/c1-4-5(2)14-16-9(4)11-8(15)6-3-7(10)13-12-6/h3H,1-2H3,(H,11,15)(H3,10,12,13). The van der Waals surface area contributed by atoms with Crippen molar-refractivity contribution in [2.45, 2.75) is 13.8 Å². The average molecular weight is 221 g/mol. The van der Waals surface area contributed by atoms with Crippen molar-refractivity contribution in [1.29, 1.82) is 0 Å². The van der Waals surface area contributed by atoms with Crippen molar-refractivity contribution in [3.05, 3.63) is 23.0 Å². The molecule has 0 spiro atoms. The number of nitrogen functional groups attached to an aromatic ring is 1. The minimum atomic E-state index is -0.372. The molecule has 4 N–H and O–H groups in total. The predicted molar refractivity (Wildman–Crippen MR) is 56.9 cm³/mol. The van der Waals surface area contributed by atoms with Crippen LogP contribution in [0.15, 0.2) is 10.6 Å². The number of hydrogen-bond donors (Lipinski definition) is 3. The van der Waals surface area contributed by atoms with Crippen LogP contribution in [0.5, 0.6) is 0 Å². The Morgan fingerprint density at radius 1 is 1.56 bits per heavy atom. The molecule has 0 radical (unpaired) electrons. The van der Waals surface area contributed by atoms with Crippen LogP contribution in [0.2, 0.25) is 0 Å². The van der Waals surface area contributed by atoms with Crippen LogP contribution in [-0.2, 0) is 0 Å². The largest absolute Gasteiger partial charge is 0.382 e.